The maximum Gasteiger partial charge on any atom is 0.347 e. The Balaban J connectivity index is 0.000000377. The monoisotopic (exact) mass is 413 g/mol. The summed E-state index contributed by atoms with van der Waals surface area (Å²) in [5, 5.41) is 30.4. The molecular formula is C23H27NO6. The van der Waals surface area contributed by atoms with Gasteiger partial charge in [-0.05, 0) is 43.0 Å². The first-order chi connectivity index (χ1) is 14.4. The molecule has 1 saturated heterocycles. The highest BCUT2D eigenvalue weighted by atomic mass is 16.5. The fourth-order valence-electron chi connectivity index (χ4n) is 3.83. The summed E-state index contributed by atoms with van der Waals surface area (Å²) in [5.74, 6) is -0.0995. The molecule has 0 bridgehead atoms. The summed E-state index contributed by atoms with van der Waals surface area (Å²) in [4.78, 5) is 22.3. The molecule has 1 aliphatic carbocycles. The van der Waals surface area contributed by atoms with E-state index >= 15 is 0 Å². The van der Waals surface area contributed by atoms with Crippen LogP contribution in [0.25, 0.3) is 0 Å². The summed E-state index contributed by atoms with van der Waals surface area (Å²) in [6.07, 6.45) is -1.23. The highest BCUT2D eigenvalue weighted by molar-refractivity contribution is 5.85. The molecule has 1 heterocycles. The van der Waals surface area contributed by atoms with Gasteiger partial charge < -0.3 is 25.4 Å². The fourth-order valence-corrected chi connectivity index (χ4v) is 3.83. The number of benzene rings is 2. The second-order valence-corrected chi connectivity index (χ2v) is 7.70. The van der Waals surface area contributed by atoms with E-state index in [1.807, 2.05) is 36.4 Å². The first-order valence-corrected chi connectivity index (χ1v) is 9.98. The molecule has 30 heavy (non-hydrogen) atoms. The average molecular weight is 413 g/mol. The van der Waals surface area contributed by atoms with E-state index in [1.165, 1.54) is 6.92 Å². The van der Waals surface area contributed by atoms with Crippen molar-refractivity contribution in [3.05, 3.63) is 71.8 Å². The quantitative estimate of drug-likeness (QED) is 0.529. The number of aliphatic hydroxyl groups is 2. The van der Waals surface area contributed by atoms with Crippen LogP contribution in [0.4, 0.5) is 0 Å². The Morgan fingerprint density at radius 2 is 1.47 bits per heavy atom. The summed E-state index contributed by atoms with van der Waals surface area (Å²) in [7, 11) is 0. The van der Waals surface area contributed by atoms with Gasteiger partial charge in [0, 0.05) is 5.92 Å². The average Bonchev–Trinajstić information content (AvgIpc) is 3.18. The zero-order chi connectivity index (χ0) is 21.7. The number of hydrogen-bond acceptors (Lipinski definition) is 6. The van der Waals surface area contributed by atoms with Crippen molar-refractivity contribution in [1.82, 2.24) is 5.32 Å². The predicted octanol–water partition coefficient (Wildman–Crippen LogP) is 1.38. The van der Waals surface area contributed by atoms with Gasteiger partial charge in [0.1, 0.15) is 6.10 Å². The fraction of sp³-hybridized carbons (Fsp3) is 0.391. The van der Waals surface area contributed by atoms with Crippen molar-refractivity contribution in [2.24, 2.45) is 17.8 Å². The number of piperidine rings is 1. The van der Waals surface area contributed by atoms with Crippen LogP contribution in [-0.4, -0.2) is 53.1 Å². The van der Waals surface area contributed by atoms with Gasteiger partial charge in [0.2, 0.25) is 5.60 Å². The zero-order valence-corrected chi connectivity index (χ0v) is 16.8. The van der Waals surface area contributed by atoms with E-state index in [9.17, 15) is 14.7 Å². The van der Waals surface area contributed by atoms with Crippen LogP contribution in [0.2, 0.25) is 0 Å². The number of aliphatic hydroxyl groups excluding tert-OH is 1. The molecule has 0 radical (unpaired) electrons. The molecule has 2 aromatic rings. The third-order valence-corrected chi connectivity index (χ3v) is 5.71. The number of carbonyl (C=O) groups is 2. The lowest BCUT2D eigenvalue weighted by Gasteiger charge is -2.27. The van der Waals surface area contributed by atoms with Crippen LogP contribution >= 0.6 is 0 Å². The van der Waals surface area contributed by atoms with Gasteiger partial charge in [0.05, 0.1) is 6.61 Å². The third kappa shape index (κ3) is 4.70. The number of carbonyl (C=O) groups excluding carboxylic acids is 1. The van der Waals surface area contributed by atoms with E-state index in [4.69, 9.17) is 14.9 Å². The second-order valence-electron chi connectivity index (χ2n) is 7.70. The number of nitrogens with one attached hydrogen (secondary N) is 1. The molecule has 7 heteroatoms. The molecule has 160 valence electrons. The van der Waals surface area contributed by atoms with Crippen LogP contribution in [0.15, 0.2) is 60.7 Å². The van der Waals surface area contributed by atoms with Crippen LogP contribution in [0.1, 0.15) is 18.1 Å². The van der Waals surface area contributed by atoms with Crippen molar-refractivity contribution in [3.63, 3.8) is 0 Å². The number of rotatable bonds is 6. The molecule has 1 saturated carbocycles. The minimum Gasteiger partial charge on any atom is -0.479 e. The van der Waals surface area contributed by atoms with Crippen molar-refractivity contribution >= 4 is 11.9 Å². The first-order valence-electron chi connectivity index (χ1n) is 9.98. The lowest BCUT2D eigenvalue weighted by atomic mass is 9.86. The number of ether oxygens (including phenoxy) is 1. The zero-order valence-electron chi connectivity index (χ0n) is 16.8. The predicted molar refractivity (Wildman–Crippen MR) is 109 cm³/mol. The molecular weight excluding hydrogens is 386 g/mol. The second kappa shape index (κ2) is 9.38. The Kier molecular flexibility index (Phi) is 6.87. The lowest BCUT2D eigenvalue weighted by Crippen LogP contribution is -2.39. The molecule has 2 aliphatic rings. The number of carboxylic acids is 1. The summed E-state index contributed by atoms with van der Waals surface area (Å²) in [6.45, 7) is 3.60. The third-order valence-electron chi connectivity index (χ3n) is 5.71. The topological polar surface area (TPSA) is 116 Å². The van der Waals surface area contributed by atoms with Crippen LogP contribution in [0.3, 0.4) is 0 Å². The SMILES string of the molecule is CC(O)C(=O)O.O=C(OCC1[C@H]2CNC[C@@H]12)C(O)(c1ccccc1)c1ccccc1. The standard InChI is InChI=1S/C20H21NO3.C3H6O3/c22-19(24-13-18-16-11-21-12-17(16)18)20(23,14-7-3-1-4-8-14)15-9-5-2-6-10-15;1-2(4)3(5)6/h1-10,16-18,21,23H,11-13H2;2,4H,1H3,(H,5,6)/t16-,17+,18?;. The molecule has 2 aromatic carbocycles. The highest BCUT2D eigenvalue weighted by Gasteiger charge is 2.54. The maximum atomic E-state index is 12.8. The molecule has 0 amide bonds. The maximum absolute atomic E-state index is 12.8. The minimum absolute atomic E-state index is 0.387. The molecule has 2 unspecified atom stereocenters. The Morgan fingerprint density at radius 1 is 1.03 bits per heavy atom. The lowest BCUT2D eigenvalue weighted by molar-refractivity contribution is -0.163. The highest BCUT2D eigenvalue weighted by Crippen LogP contribution is 2.48. The van der Waals surface area contributed by atoms with E-state index in [0.29, 0.717) is 35.5 Å². The Hall–Kier alpha value is -2.74. The number of aliphatic carboxylic acids is 1. The molecule has 0 spiro atoms. The van der Waals surface area contributed by atoms with Crippen LogP contribution < -0.4 is 5.32 Å². The molecule has 4 N–H and O–H groups in total. The van der Waals surface area contributed by atoms with Crippen molar-refractivity contribution < 1.29 is 29.6 Å². The van der Waals surface area contributed by atoms with E-state index in [2.05, 4.69) is 5.32 Å². The van der Waals surface area contributed by atoms with Gasteiger partial charge in [-0.3, -0.25) is 0 Å². The number of carboxylic acid groups (broad SMARTS) is 1. The number of esters is 1. The summed E-state index contributed by atoms with van der Waals surface area (Å²) in [5.41, 5.74) is -0.720. The molecule has 1 aliphatic heterocycles. The molecule has 4 rings (SSSR count). The summed E-state index contributed by atoms with van der Waals surface area (Å²) >= 11 is 0. The Morgan fingerprint density at radius 3 is 1.87 bits per heavy atom. The largest absolute Gasteiger partial charge is 0.479 e. The van der Waals surface area contributed by atoms with E-state index < -0.39 is 23.6 Å². The van der Waals surface area contributed by atoms with E-state index in [-0.39, 0.29) is 0 Å². The first kappa shape index (κ1) is 22.0. The normalized spacial score (nSPS) is 22.8. The van der Waals surface area contributed by atoms with Crippen molar-refractivity contribution in [2.75, 3.05) is 19.7 Å². The van der Waals surface area contributed by atoms with Crippen molar-refractivity contribution in [1.29, 1.82) is 0 Å². The molecule has 7 nitrogen and oxygen atoms in total. The summed E-state index contributed by atoms with van der Waals surface area (Å²) < 4.78 is 5.56. The van der Waals surface area contributed by atoms with Crippen LogP contribution in [0.5, 0.6) is 0 Å². The molecule has 4 atom stereocenters. The number of hydrogen-bond donors (Lipinski definition) is 4. The summed E-state index contributed by atoms with van der Waals surface area (Å²) in [6, 6.07) is 18.0. The number of fused-ring (bicyclic) bond motifs is 1. The van der Waals surface area contributed by atoms with Gasteiger partial charge in [-0.15, -0.1) is 0 Å². The van der Waals surface area contributed by atoms with Crippen LogP contribution in [0, 0.1) is 17.8 Å². The van der Waals surface area contributed by atoms with Gasteiger partial charge in [-0.25, -0.2) is 9.59 Å². The smallest absolute Gasteiger partial charge is 0.347 e. The Labute approximate surface area is 175 Å². The Bertz CT molecular complexity index is 805. The van der Waals surface area contributed by atoms with Gasteiger partial charge in [0.25, 0.3) is 0 Å². The molecule has 0 aromatic heterocycles. The van der Waals surface area contributed by atoms with Crippen molar-refractivity contribution in [3.8, 4) is 0 Å². The van der Waals surface area contributed by atoms with E-state index in [1.54, 1.807) is 24.3 Å². The van der Waals surface area contributed by atoms with Gasteiger partial charge in [-0.1, -0.05) is 60.7 Å². The van der Waals surface area contributed by atoms with E-state index in [0.717, 1.165) is 13.1 Å². The van der Waals surface area contributed by atoms with Gasteiger partial charge >= 0.3 is 11.9 Å². The molecule has 2 fully saturated rings. The van der Waals surface area contributed by atoms with Gasteiger partial charge in [0.15, 0.2) is 0 Å². The van der Waals surface area contributed by atoms with Gasteiger partial charge in [-0.2, -0.15) is 0 Å². The van der Waals surface area contributed by atoms with Crippen LogP contribution in [-0.2, 0) is 19.9 Å². The minimum atomic E-state index is -1.77. The van der Waals surface area contributed by atoms with Crippen molar-refractivity contribution in [2.45, 2.75) is 18.6 Å².